The van der Waals surface area contributed by atoms with Crippen molar-refractivity contribution in [1.29, 1.82) is 0 Å². The largest absolute Gasteiger partial charge is 0.392 e. The summed E-state index contributed by atoms with van der Waals surface area (Å²) in [5, 5.41) is 13.2. The average molecular weight is 355 g/mol. The molecule has 4 N–H and O–H groups in total. The number of amides is 1. The van der Waals surface area contributed by atoms with Gasteiger partial charge in [-0.3, -0.25) is 4.79 Å². The van der Waals surface area contributed by atoms with Gasteiger partial charge in [-0.25, -0.2) is 9.38 Å². The lowest BCUT2D eigenvalue weighted by molar-refractivity contribution is -0.121. The number of fused-ring (bicyclic) bond motifs is 1. The standard InChI is InChI=1S/C20H22FN3O2/c1-12(23-9-8-13-2-5-15(21)6-3-13)24-16-7-4-14-10-18(25)19(20(22)26)17(14)11-16/h2-7,11,18-19,25H,8-10H2,1H3,(H2,22,26)(H,23,24). The van der Waals surface area contributed by atoms with E-state index in [0.717, 1.165) is 28.9 Å². The molecule has 1 aliphatic rings. The van der Waals surface area contributed by atoms with Gasteiger partial charge in [-0.1, -0.05) is 18.2 Å². The smallest absolute Gasteiger partial charge is 0.227 e. The van der Waals surface area contributed by atoms with Crippen LogP contribution in [0, 0.1) is 5.82 Å². The van der Waals surface area contributed by atoms with Crippen LogP contribution in [-0.2, 0) is 17.6 Å². The van der Waals surface area contributed by atoms with Crippen LogP contribution in [0.15, 0.2) is 47.5 Å². The van der Waals surface area contributed by atoms with Crippen molar-refractivity contribution in [3.63, 3.8) is 0 Å². The summed E-state index contributed by atoms with van der Waals surface area (Å²) >= 11 is 0. The highest BCUT2D eigenvalue weighted by Gasteiger charge is 2.35. The molecule has 6 heteroatoms. The molecule has 0 aliphatic heterocycles. The Bertz CT molecular complexity index is 833. The number of hydrogen-bond acceptors (Lipinski definition) is 3. The number of aliphatic imine (C=N–C) groups is 1. The predicted molar refractivity (Wildman–Crippen MR) is 99.0 cm³/mol. The number of nitrogens with two attached hydrogens (primary N) is 1. The molecule has 2 aromatic rings. The van der Waals surface area contributed by atoms with Gasteiger partial charge in [0.2, 0.25) is 5.91 Å². The second kappa shape index (κ2) is 7.66. The van der Waals surface area contributed by atoms with Crippen LogP contribution in [0.4, 0.5) is 10.1 Å². The van der Waals surface area contributed by atoms with Gasteiger partial charge in [0.25, 0.3) is 0 Å². The zero-order chi connectivity index (χ0) is 18.7. The highest BCUT2D eigenvalue weighted by Crippen LogP contribution is 2.35. The highest BCUT2D eigenvalue weighted by molar-refractivity contribution is 5.85. The van der Waals surface area contributed by atoms with Crippen LogP contribution in [0.3, 0.4) is 0 Å². The van der Waals surface area contributed by atoms with Gasteiger partial charge >= 0.3 is 0 Å². The van der Waals surface area contributed by atoms with Crippen LogP contribution in [0.5, 0.6) is 0 Å². The van der Waals surface area contributed by atoms with E-state index in [2.05, 4.69) is 10.3 Å². The molecule has 2 unspecified atom stereocenters. The van der Waals surface area contributed by atoms with Crippen LogP contribution in [0.25, 0.3) is 0 Å². The lowest BCUT2D eigenvalue weighted by Gasteiger charge is -2.11. The Balaban J connectivity index is 1.64. The van der Waals surface area contributed by atoms with Crippen LogP contribution >= 0.6 is 0 Å². The van der Waals surface area contributed by atoms with Gasteiger partial charge in [-0.05, 0) is 60.7 Å². The molecule has 136 valence electrons. The number of aliphatic hydroxyl groups excluding tert-OH is 1. The van der Waals surface area contributed by atoms with Gasteiger partial charge in [0.05, 0.1) is 23.5 Å². The minimum Gasteiger partial charge on any atom is -0.392 e. The first-order valence-electron chi connectivity index (χ1n) is 8.58. The summed E-state index contributed by atoms with van der Waals surface area (Å²) in [7, 11) is 0. The summed E-state index contributed by atoms with van der Waals surface area (Å²) in [6.45, 7) is 2.53. The fourth-order valence-corrected chi connectivity index (χ4v) is 3.29. The summed E-state index contributed by atoms with van der Waals surface area (Å²) in [6.07, 6.45) is 0.423. The van der Waals surface area contributed by atoms with Crippen molar-refractivity contribution >= 4 is 17.4 Å². The van der Waals surface area contributed by atoms with Crippen molar-refractivity contribution < 1.29 is 14.3 Å². The van der Waals surface area contributed by atoms with Gasteiger partial charge in [-0.15, -0.1) is 0 Å². The number of rotatable bonds is 5. The number of carbonyl (C=O) groups is 1. The molecule has 0 saturated heterocycles. The molecule has 26 heavy (non-hydrogen) atoms. The Morgan fingerprint density at radius 1 is 1.31 bits per heavy atom. The number of hydrogen-bond donors (Lipinski definition) is 3. The Kier molecular flexibility index (Phi) is 5.32. The topological polar surface area (TPSA) is 87.7 Å². The van der Waals surface area contributed by atoms with Gasteiger partial charge in [0.1, 0.15) is 5.82 Å². The van der Waals surface area contributed by atoms with Gasteiger partial charge in [0, 0.05) is 6.54 Å². The maximum Gasteiger partial charge on any atom is 0.227 e. The second-order valence-electron chi connectivity index (χ2n) is 6.54. The van der Waals surface area contributed by atoms with Gasteiger partial charge < -0.3 is 16.2 Å². The SMILES string of the molecule is CC(=Nc1ccc2c(c1)C(C(N)=O)C(O)C2)NCCc1ccc(F)cc1. The highest BCUT2D eigenvalue weighted by atomic mass is 19.1. The molecule has 2 atom stereocenters. The normalized spacial score (nSPS) is 19.3. The van der Waals surface area contributed by atoms with Crippen molar-refractivity contribution in [2.24, 2.45) is 10.7 Å². The van der Waals surface area contributed by atoms with Gasteiger partial charge in [0.15, 0.2) is 0 Å². The molecule has 0 radical (unpaired) electrons. The molecule has 2 aromatic carbocycles. The van der Waals surface area contributed by atoms with Gasteiger partial charge in [-0.2, -0.15) is 0 Å². The van der Waals surface area contributed by atoms with E-state index in [-0.39, 0.29) is 5.82 Å². The molecule has 5 nitrogen and oxygen atoms in total. The van der Waals surface area contributed by atoms with Crippen molar-refractivity contribution in [3.05, 3.63) is 65.0 Å². The Morgan fingerprint density at radius 3 is 2.73 bits per heavy atom. The zero-order valence-electron chi connectivity index (χ0n) is 14.6. The molecule has 0 saturated carbocycles. The maximum atomic E-state index is 12.9. The number of nitrogens with zero attached hydrogens (tertiary/aromatic N) is 1. The lowest BCUT2D eigenvalue weighted by Crippen LogP contribution is -2.28. The first-order chi connectivity index (χ1) is 12.4. The summed E-state index contributed by atoms with van der Waals surface area (Å²) in [6, 6.07) is 12.0. The van der Waals surface area contributed by atoms with Crippen LogP contribution < -0.4 is 11.1 Å². The van der Waals surface area contributed by atoms with E-state index in [0.29, 0.717) is 18.7 Å². The van der Waals surface area contributed by atoms with Crippen molar-refractivity contribution in [1.82, 2.24) is 5.32 Å². The first kappa shape index (κ1) is 18.1. The number of nitrogens with one attached hydrogen (secondary N) is 1. The predicted octanol–water partition coefficient (Wildman–Crippen LogP) is 2.19. The molecule has 0 bridgehead atoms. The molecule has 3 rings (SSSR count). The summed E-state index contributed by atoms with van der Waals surface area (Å²) in [4.78, 5) is 16.1. The van der Waals surface area contributed by atoms with E-state index in [9.17, 15) is 14.3 Å². The Hall–Kier alpha value is -2.73. The fourth-order valence-electron chi connectivity index (χ4n) is 3.29. The first-order valence-corrected chi connectivity index (χ1v) is 8.58. The summed E-state index contributed by atoms with van der Waals surface area (Å²) < 4.78 is 12.9. The minimum atomic E-state index is -0.767. The maximum absolute atomic E-state index is 12.9. The number of aliphatic hydroxyl groups is 1. The number of primary amides is 1. The van der Waals surface area contributed by atoms with Crippen LogP contribution in [0.2, 0.25) is 0 Å². The van der Waals surface area contributed by atoms with Crippen molar-refractivity contribution in [2.45, 2.75) is 31.8 Å². The van der Waals surface area contributed by atoms with Crippen molar-refractivity contribution in [3.8, 4) is 0 Å². The average Bonchev–Trinajstić information content (AvgIpc) is 2.92. The molecule has 0 fully saturated rings. The third kappa shape index (κ3) is 4.08. The second-order valence-corrected chi connectivity index (χ2v) is 6.54. The Labute approximate surface area is 151 Å². The number of halogens is 1. The fraction of sp³-hybridized carbons (Fsp3) is 0.300. The van der Waals surface area contributed by atoms with E-state index in [4.69, 9.17) is 5.73 Å². The van der Waals surface area contributed by atoms with E-state index >= 15 is 0 Å². The Morgan fingerprint density at radius 2 is 2.04 bits per heavy atom. The minimum absolute atomic E-state index is 0.240. The number of benzene rings is 2. The summed E-state index contributed by atoms with van der Waals surface area (Å²) in [5.74, 6) is -0.699. The third-order valence-corrected chi connectivity index (χ3v) is 4.59. The van der Waals surface area contributed by atoms with E-state index in [1.54, 1.807) is 12.1 Å². The van der Waals surface area contributed by atoms with Crippen molar-refractivity contribution in [2.75, 3.05) is 6.54 Å². The van der Waals surface area contributed by atoms with E-state index in [1.807, 2.05) is 25.1 Å². The molecular formula is C20H22FN3O2. The zero-order valence-corrected chi connectivity index (χ0v) is 14.6. The van der Waals surface area contributed by atoms with E-state index in [1.165, 1.54) is 12.1 Å². The third-order valence-electron chi connectivity index (χ3n) is 4.59. The quantitative estimate of drug-likeness (QED) is 0.567. The lowest BCUT2D eigenvalue weighted by atomic mass is 9.99. The molecule has 1 aliphatic carbocycles. The monoisotopic (exact) mass is 355 g/mol. The molecule has 0 aromatic heterocycles. The summed E-state index contributed by atoms with van der Waals surface area (Å²) in [5.41, 5.74) is 8.85. The molecular weight excluding hydrogens is 333 g/mol. The van der Waals surface area contributed by atoms with Crippen LogP contribution in [0.1, 0.15) is 29.5 Å². The number of carbonyl (C=O) groups excluding carboxylic acids is 1. The molecule has 0 heterocycles. The molecule has 0 spiro atoms. The number of amidine groups is 1. The van der Waals surface area contributed by atoms with Crippen LogP contribution in [-0.4, -0.2) is 29.5 Å². The molecule has 1 amide bonds. The van der Waals surface area contributed by atoms with E-state index < -0.39 is 17.9 Å².